The van der Waals surface area contributed by atoms with Crippen molar-refractivity contribution in [3.05, 3.63) is 47.0 Å². The van der Waals surface area contributed by atoms with Crippen molar-refractivity contribution >= 4 is 5.78 Å². The Morgan fingerprint density at radius 1 is 1.29 bits per heavy atom. The van der Waals surface area contributed by atoms with Gasteiger partial charge in [-0.05, 0) is 38.5 Å². The van der Waals surface area contributed by atoms with Gasteiger partial charge in [-0.25, -0.2) is 0 Å². The first kappa shape index (κ1) is 11.5. The molecule has 0 unspecified atom stereocenters. The average Bonchev–Trinajstić information content (AvgIpc) is 2.69. The molecule has 0 aliphatic rings. The zero-order chi connectivity index (χ0) is 12.4. The van der Waals surface area contributed by atoms with E-state index in [9.17, 15) is 4.79 Å². The number of hydrogen-bond acceptors (Lipinski definition) is 3. The molecule has 0 aliphatic carbocycles. The van der Waals surface area contributed by atoms with Gasteiger partial charge >= 0.3 is 0 Å². The van der Waals surface area contributed by atoms with Gasteiger partial charge in [0.25, 0.3) is 0 Å². The van der Waals surface area contributed by atoms with Gasteiger partial charge in [0.2, 0.25) is 5.78 Å². The van der Waals surface area contributed by atoms with Crippen LogP contribution in [0.3, 0.4) is 0 Å². The van der Waals surface area contributed by atoms with Gasteiger partial charge in [-0.1, -0.05) is 0 Å². The van der Waals surface area contributed by atoms with E-state index in [-0.39, 0.29) is 5.78 Å². The Hall–Kier alpha value is -1.97. The van der Waals surface area contributed by atoms with E-state index >= 15 is 0 Å². The Balaban J connectivity index is 2.43. The fourth-order valence-electron chi connectivity index (χ4n) is 1.80. The molecule has 88 valence electrons. The van der Waals surface area contributed by atoms with Crippen LogP contribution in [0.25, 0.3) is 0 Å². The van der Waals surface area contributed by atoms with Gasteiger partial charge in [-0.3, -0.25) is 14.5 Å². The molecule has 0 saturated carbocycles. The third-order valence-corrected chi connectivity index (χ3v) is 2.57. The van der Waals surface area contributed by atoms with Gasteiger partial charge in [0.1, 0.15) is 5.69 Å². The van der Waals surface area contributed by atoms with Gasteiger partial charge in [0, 0.05) is 24.5 Å². The molecule has 0 fully saturated rings. The van der Waals surface area contributed by atoms with Crippen molar-refractivity contribution in [1.29, 1.82) is 0 Å². The number of ketones is 1. The van der Waals surface area contributed by atoms with Crippen LogP contribution < -0.4 is 0 Å². The highest BCUT2D eigenvalue weighted by Gasteiger charge is 2.15. The van der Waals surface area contributed by atoms with E-state index in [0.717, 1.165) is 11.3 Å². The summed E-state index contributed by atoms with van der Waals surface area (Å²) in [6, 6.07) is 3.66. The van der Waals surface area contributed by atoms with Crippen LogP contribution in [0.1, 0.15) is 34.2 Å². The van der Waals surface area contributed by atoms with Gasteiger partial charge in [-0.2, -0.15) is 5.10 Å². The van der Waals surface area contributed by atoms with Crippen molar-refractivity contribution in [3.8, 4) is 0 Å². The molecule has 0 aliphatic heterocycles. The van der Waals surface area contributed by atoms with Crippen LogP contribution in [-0.4, -0.2) is 20.5 Å². The van der Waals surface area contributed by atoms with Crippen molar-refractivity contribution in [2.24, 2.45) is 0 Å². The minimum atomic E-state index is -0.0244. The second kappa shape index (κ2) is 4.49. The van der Waals surface area contributed by atoms with Gasteiger partial charge in [0.15, 0.2) is 0 Å². The second-order valence-electron chi connectivity index (χ2n) is 4.07. The molecular formula is C13H15N3O. The molecule has 2 aromatic rings. The summed E-state index contributed by atoms with van der Waals surface area (Å²) < 4.78 is 1.72. The number of pyridine rings is 1. The first-order chi connectivity index (χ1) is 8.11. The maximum absolute atomic E-state index is 12.3. The fourth-order valence-corrected chi connectivity index (χ4v) is 1.80. The summed E-state index contributed by atoms with van der Waals surface area (Å²) in [5, 5.41) is 4.27. The summed E-state index contributed by atoms with van der Waals surface area (Å²) in [5.41, 5.74) is 3.07. The predicted octanol–water partition coefficient (Wildman–Crippen LogP) is 2.15. The molecule has 4 nitrogen and oxygen atoms in total. The Morgan fingerprint density at radius 3 is 2.71 bits per heavy atom. The molecule has 0 radical (unpaired) electrons. The third kappa shape index (κ3) is 2.25. The highest BCUT2D eigenvalue weighted by atomic mass is 16.1. The largest absolute Gasteiger partial charge is 0.287 e. The fraction of sp³-hybridized carbons (Fsp3) is 0.308. The number of nitrogens with zero attached hydrogens (tertiary/aromatic N) is 3. The lowest BCUT2D eigenvalue weighted by atomic mass is 10.1. The average molecular weight is 229 g/mol. The lowest BCUT2D eigenvalue weighted by Gasteiger charge is -2.03. The molecular weight excluding hydrogens is 214 g/mol. The molecule has 0 N–H and O–H groups in total. The standard InChI is InChI=1S/C13H15N3O/c1-4-16-12(6-10(3)15-16)13(17)11-5-9(2)7-14-8-11/h5-8H,4H2,1-3H3. The minimum absolute atomic E-state index is 0.0244. The molecule has 2 heterocycles. The molecule has 0 atom stereocenters. The lowest BCUT2D eigenvalue weighted by Crippen LogP contribution is -2.10. The minimum Gasteiger partial charge on any atom is -0.287 e. The highest BCUT2D eigenvalue weighted by molar-refractivity contribution is 6.07. The zero-order valence-corrected chi connectivity index (χ0v) is 10.3. The van der Waals surface area contributed by atoms with E-state index < -0.39 is 0 Å². The molecule has 0 bridgehead atoms. The summed E-state index contributed by atoms with van der Waals surface area (Å²) in [5.74, 6) is -0.0244. The maximum Gasteiger partial charge on any atom is 0.212 e. The molecule has 0 spiro atoms. The Labute approximate surface area is 100 Å². The number of rotatable bonds is 3. The Morgan fingerprint density at radius 2 is 2.06 bits per heavy atom. The van der Waals surface area contributed by atoms with E-state index in [0.29, 0.717) is 17.8 Å². The monoisotopic (exact) mass is 229 g/mol. The predicted molar refractivity (Wildman–Crippen MR) is 65.0 cm³/mol. The Kier molecular flexibility index (Phi) is 3.04. The van der Waals surface area contributed by atoms with Crippen LogP contribution in [0.5, 0.6) is 0 Å². The van der Waals surface area contributed by atoms with Crippen molar-refractivity contribution in [3.63, 3.8) is 0 Å². The van der Waals surface area contributed by atoms with Gasteiger partial charge in [0.05, 0.1) is 5.69 Å². The molecule has 0 aromatic carbocycles. The smallest absolute Gasteiger partial charge is 0.212 e. The summed E-state index contributed by atoms with van der Waals surface area (Å²) in [6.45, 7) is 6.47. The van der Waals surface area contributed by atoms with Crippen molar-refractivity contribution < 1.29 is 4.79 Å². The molecule has 0 saturated heterocycles. The first-order valence-electron chi connectivity index (χ1n) is 5.62. The van der Waals surface area contributed by atoms with Crippen LogP contribution in [0, 0.1) is 13.8 Å². The summed E-state index contributed by atoms with van der Waals surface area (Å²) >= 11 is 0. The topological polar surface area (TPSA) is 47.8 Å². The van der Waals surface area contributed by atoms with Crippen LogP contribution in [0.2, 0.25) is 0 Å². The molecule has 0 amide bonds. The van der Waals surface area contributed by atoms with Gasteiger partial charge < -0.3 is 0 Å². The van der Waals surface area contributed by atoms with Crippen LogP contribution in [-0.2, 0) is 6.54 Å². The third-order valence-electron chi connectivity index (χ3n) is 2.57. The quantitative estimate of drug-likeness (QED) is 0.758. The number of aromatic nitrogens is 3. The van der Waals surface area contributed by atoms with E-state index in [2.05, 4.69) is 10.1 Å². The number of hydrogen-bond donors (Lipinski definition) is 0. The van der Waals surface area contributed by atoms with Crippen LogP contribution in [0.4, 0.5) is 0 Å². The highest BCUT2D eigenvalue weighted by Crippen LogP contribution is 2.11. The van der Waals surface area contributed by atoms with Crippen LogP contribution >= 0.6 is 0 Å². The molecule has 2 aromatic heterocycles. The van der Waals surface area contributed by atoms with E-state index in [4.69, 9.17) is 0 Å². The van der Waals surface area contributed by atoms with E-state index in [1.165, 1.54) is 0 Å². The summed E-state index contributed by atoms with van der Waals surface area (Å²) in [4.78, 5) is 16.3. The van der Waals surface area contributed by atoms with Crippen molar-refractivity contribution in [2.45, 2.75) is 27.3 Å². The summed E-state index contributed by atoms with van der Waals surface area (Å²) in [7, 11) is 0. The zero-order valence-electron chi connectivity index (χ0n) is 10.3. The second-order valence-corrected chi connectivity index (χ2v) is 4.07. The number of aryl methyl sites for hydroxylation is 3. The van der Waals surface area contributed by atoms with Gasteiger partial charge in [-0.15, -0.1) is 0 Å². The number of carbonyl (C=O) groups is 1. The lowest BCUT2D eigenvalue weighted by molar-refractivity contribution is 0.102. The maximum atomic E-state index is 12.3. The first-order valence-corrected chi connectivity index (χ1v) is 5.62. The molecule has 4 heteroatoms. The SMILES string of the molecule is CCn1nc(C)cc1C(=O)c1cncc(C)c1. The summed E-state index contributed by atoms with van der Waals surface area (Å²) in [6.07, 6.45) is 3.33. The van der Waals surface area contributed by atoms with E-state index in [1.54, 1.807) is 17.1 Å². The normalized spacial score (nSPS) is 10.5. The van der Waals surface area contributed by atoms with Crippen molar-refractivity contribution in [2.75, 3.05) is 0 Å². The molecule has 17 heavy (non-hydrogen) atoms. The van der Waals surface area contributed by atoms with Crippen LogP contribution in [0.15, 0.2) is 24.5 Å². The molecule has 2 rings (SSSR count). The van der Waals surface area contributed by atoms with E-state index in [1.807, 2.05) is 32.9 Å². The number of carbonyl (C=O) groups excluding carboxylic acids is 1. The van der Waals surface area contributed by atoms with Crippen molar-refractivity contribution in [1.82, 2.24) is 14.8 Å². The Bertz CT molecular complexity index is 558.